The van der Waals surface area contributed by atoms with Gasteiger partial charge in [0.05, 0.1) is 10.6 Å². The molecule has 10 heteroatoms. The summed E-state index contributed by atoms with van der Waals surface area (Å²) >= 11 is 1.50. The van der Waals surface area contributed by atoms with Gasteiger partial charge >= 0.3 is 0 Å². The van der Waals surface area contributed by atoms with Gasteiger partial charge in [-0.05, 0) is 86.5 Å². The first-order valence-corrected chi connectivity index (χ1v) is 16.9. The fourth-order valence-corrected chi connectivity index (χ4v) is 7.01. The topological polar surface area (TPSA) is 86.8 Å². The second kappa shape index (κ2) is 14.2. The number of hydrogen-bond acceptors (Lipinski definition) is 5. The van der Waals surface area contributed by atoms with Crippen molar-refractivity contribution in [2.24, 2.45) is 0 Å². The molecule has 7 nitrogen and oxygen atoms in total. The molecule has 0 spiro atoms. The van der Waals surface area contributed by atoms with E-state index in [0.717, 1.165) is 40.4 Å². The zero-order valence-corrected chi connectivity index (χ0v) is 25.9. The number of carbonyl (C=O) groups excluding carboxylic acids is 2. The number of halogens is 1. The van der Waals surface area contributed by atoms with E-state index in [1.807, 2.05) is 20.1 Å². The van der Waals surface area contributed by atoms with E-state index in [0.29, 0.717) is 17.7 Å². The second-order valence-corrected chi connectivity index (χ2v) is 13.3. The van der Waals surface area contributed by atoms with E-state index in [9.17, 15) is 22.4 Å². The average Bonchev–Trinajstić information content (AvgIpc) is 3.50. The van der Waals surface area contributed by atoms with Crippen molar-refractivity contribution in [3.63, 3.8) is 0 Å². The Labute approximate surface area is 252 Å². The highest BCUT2D eigenvalue weighted by molar-refractivity contribution is 7.98. The molecule has 1 aliphatic rings. The van der Waals surface area contributed by atoms with Gasteiger partial charge < -0.3 is 10.2 Å². The minimum Gasteiger partial charge on any atom is -0.352 e. The molecular formula is C32H38FN3O4S2. The van der Waals surface area contributed by atoms with Gasteiger partial charge in [-0.2, -0.15) is 0 Å². The van der Waals surface area contributed by atoms with Crippen molar-refractivity contribution in [2.45, 2.75) is 74.4 Å². The molecule has 0 saturated heterocycles. The van der Waals surface area contributed by atoms with Crippen molar-refractivity contribution in [1.82, 2.24) is 10.2 Å². The molecule has 1 aliphatic carbocycles. The van der Waals surface area contributed by atoms with E-state index < -0.39 is 34.3 Å². The minimum atomic E-state index is -4.14. The van der Waals surface area contributed by atoms with Gasteiger partial charge in [0.2, 0.25) is 11.8 Å². The highest BCUT2D eigenvalue weighted by atomic mass is 32.2. The number of benzene rings is 3. The van der Waals surface area contributed by atoms with Crippen LogP contribution in [-0.4, -0.2) is 50.0 Å². The summed E-state index contributed by atoms with van der Waals surface area (Å²) in [5, 5.41) is 3.09. The molecule has 224 valence electrons. The molecule has 42 heavy (non-hydrogen) atoms. The Bertz CT molecular complexity index is 1460. The number of nitrogens with zero attached hydrogens (tertiary/aromatic N) is 2. The number of amides is 2. The molecule has 0 radical (unpaired) electrons. The van der Waals surface area contributed by atoms with Gasteiger partial charge in [0.25, 0.3) is 10.0 Å². The molecule has 0 aromatic heterocycles. The van der Waals surface area contributed by atoms with Crippen LogP contribution < -0.4 is 9.62 Å². The summed E-state index contributed by atoms with van der Waals surface area (Å²) in [6.07, 6.45) is 6.11. The first kappa shape index (κ1) is 31.6. The Kier molecular flexibility index (Phi) is 10.7. The van der Waals surface area contributed by atoms with Crippen molar-refractivity contribution in [3.8, 4) is 0 Å². The van der Waals surface area contributed by atoms with Crippen molar-refractivity contribution in [2.75, 3.05) is 17.1 Å². The standard InChI is InChI=1S/C32H38FN3O4S2/c1-4-30(32(38)34-26-7-5-6-8-26)35(21-24-11-13-25(33)14-12-24)31(37)22-36(27-15-9-23(2)10-16-27)42(39,40)29-19-17-28(41-3)18-20-29/h9-20,26,30H,4-8,21-22H2,1-3H3,(H,34,38). The van der Waals surface area contributed by atoms with Crippen LogP contribution in [0.5, 0.6) is 0 Å². The van der Waals surface area contributed by atoms with Crippen LogP contribution in [0.15, 0.2) is 82.6 Å². The van der Waals surface area contributed by atoms with Crippen molar-refractivity contribution < 1.29 is 22.4 Å². The zero-order valence-electron chi connectivity index (χ0n) is 24.3. The lowest BCUT2D eigenvalue weighted by Gasteiger charge is -2.33. The predicted octanol–water partition coefficient (Wildman–Crippen LogP) is 5.92. The van der Waals surface area contributed by atoms with Crippen LogP contribution in [0.1, 0.15) is 50.2 Å². The summed E-state index contributed by atoms with van der Waals surface area (Å²) in [7, 11) is -4.14. The van der Waals surface area contributed by atoms with E-state index in [-0.39, 0.29) is 23.4 Å². The molecule has 0 bridgehead atoms. The molecule has 1 N–H and O–H groups in total. The first-order chi connectivity index (χ1) is 20.1. The van der Waals surface area contributed by atoms with E-state index in [4.69, 9.17) is 0 Å². The molecule has 1 atom stereocenters. The Morgan fingerprint density at radius 2 is 1.60 bits per heavy atom. The van der Waals surface area contributed by atoms with Crippen LogP contribution in [0.4, 0.5) is 10.1 Å². The van der Waals surface area contributed by atoms with Crippen LogP contribution in [0.3, 0.4) is 0 Å². The predicted molar refractivity (Wildman–Crippen MR) is 165 cm³/mol. The third-order valence-electron chi connectivity index (χ3n) is 7.60. The van der Waals surface area contributed by atoms with Gasteiger partial charge in [0.1, 0.15) is 18.4 Å². The molecule has 2 amide bonds. The number of rotatable bonds is 12. The van der Waals surface area contributed by atoms with Crippen LogP contribution in [0, 0.1) is 12.7 Å². The fourth-order valence-electron chi connectivity index (χ4n) is 5.19. The zero-order chi connectivity index (χ0) is 30.3. The number of carbonyl (C=O) groups is 2. The maximum absolute atomic E-state index is 14.1. The Balaban J connectivity index is 1.70. The number of hydrogen-bond donors (Lipinski definition) is 1. The summed E-state index contributed by atoms with van der Waals surface area (Å²) < 4.78 is 42.8. The SMILES string of the molecule is CCC(C(=O)NC1CCCC1)N(Cc1ccc(F)cc1)C(=O)CN(c1ccc(C)cc1)S(=O)(=O)c1ccc(SC)cc1. The van der Waals surface area contributed by atoms with Gasteiger partial charge in [0, 0.05) is 17.5 Å². The summed E-state index contributed by atoms with van der Waals surface area (Å²) in [6, 6.07) is 18.4. The van der Waals surface area contributed by atoms with Crippen molar-refractivity contribution >= 4 is 39.3 Å². The molecule has 3 aromatic rings. The molecular weight excluding hydrogens is 574 g/mol. The highest BCUT2D eigenvalue weighted by Gasteiger charge is 2.34. The molecule has 0 aliphatic heterocycles. The molecule has 4 rings (SSSR count). The summed E-state index contributed by atoms with van der Waals surface area (Å²) in [6.45, 7) is 3.24. The van der Waals surface area contributed by atoms with Crippen LogP contribution in [0.25, 0.3) is 0 Å². The van der Waals surface area contributed by atoms with Crippen molar-refractivity contribution in [3.05, 3.63) is 89.7 Å². The number of aryl methyl sites for hydroxylation is 1. The van der Waals surface area contributed by atoms with Crippen LogP contribution in [0.2, 0.25) is 0 Å². The first-order valence-electron chi connectivity index (χ1n) is 14.2. The number of anilines is 1. The van der Waals surface area contributed by atoms with Gasteiger partial charge in [-0.25, -0.2) is 12.8 Å². The largest absolute Gasteiger partial charge is 0.352 e. The Hall–Kier alpha value is -3.37. The van der Waals surface area contributed by atoms with E-state index >= 15 is 0 Å². The Morgan fingerprint density at radius 1 is 0.976 bits per heavy atom. The average molecular weight is 612 g/mol. The lowest BCUT2D eigenvalue weighted by atomic mass is 10.1. The van der Waals surface area contributed by atoms with Crippen LogP contribution in [-0.2, 0) is 26.2 Å². The normalized spacial score (nSPS) is 14.4. The summed E-state index contributed by atoms with van der Waals surface area (Å²) in [5.41, 5.74) is 1.92. The molecule has 1 fully saturated rings. The number of sulfonamides is 1. The van der Waals surface area contributed by atoms with E-state index in [1.165, 1.54) is 40.9 Å². The molecule has 0 heterocycles. The monoisotopic (exact) mass is 611 g/mol. The maximum Gasteiger partial charge on any atom is 0.264 e. The van der Waals surface area contributed by atoms with Crippen molar-refractivity contribution in [1.29, 1.82) is 0 Å². The molecule has 1 unspecified atom stereocenters. The lowest BCUT2D eigenvalue weighted by Crippen LogP contribution is -2.53. The minimum absolute atomic E-state index is 0.0277. The lowest BCUT2D eigenvalue weighted by molar-refractivity contribution is -0.140. The van der Waals surface area contributed by atoms with E-state index in [2.05, 4.69) is 5.32 Å². The quantitative estimate of drug-likeness (QED) is 0.257. The molecule has 1 saturated carbocycles. The van der Waals surface area contributed by atoms with Gasteiger partial charge in [-0.15, -0.1) is 11.8 Å². The van der Waals surface area contributed by atoms with E-state index in [1.54, 1.807) is 48.5 Å². The fraction of sp³-hybridized carbons (Fsp3) is 0.375. The summed E-state index contributed by atoms with van der Waals surface area (Å²) in [4.78, 5) is 30.0. The smallest absolute Gasteiger partial charge is 0.264 e. The van der Waals surface area contributed by atoms with Gasteiger partial charge in [-0.1, -0.05) is 49.6 Å². The van der Waals surface area contributed by atoms with Gasteiger partial charge in [-0.3, -0.25) is 13.9 Å². The van der Waals surface area contributed by atoms with Gasteiger partial charge in [0.15, 0.2) is 0 Å². The summed E-state index contributed by atoms with van der Waals surface area (Å²) in [5.74, 6) is -1.21. The highest BCUT2D eigenvalue weighted by Crippen LogP contribution is 2.27. The third-order valence-corrected chi connectivity index (χ3v) is 10.1. The maximum atomic E-state index is 14.1. The number of thioether (sulfide) groups is 1. The molecule has 3 aromatic carbocycles. The third kappa shape index (κ3) is 7.72. The number of nitrogens with one attached hydrogen (secondary N) is 1. The second-order valence-electron chi connectivity index (χ2n) is 10.6. The van der Waals surface area contributed by atoms with Crippen LogP contribution >= 0.6 is 11.8 Å². The Morgan fingerprint density at radius 3 is 2.17 bits per heavy atom.